The molecule has 9 nitrogen and oxygen atoms in total. The van der Waals surface area contributed by atoms with Crippen LogP contribution in [-0.2, 0) is 20.0 Å². The van der Waals surface area contributed by atoms with Crippen LogP contribution in [0, 0.1) is 19.8 Å². The van der Waals surface area contributed by atoms with Gasteiger partial charge in [0.25, 0.3) is 15.9 Å². The summed E-state index contributed by atoms with van der Waals surface area (Å²) < 4.78 is 61.4. The van der Waals surface area contributed by atoms with Crippen LogP contribution in [0.1, 0.15) is 41.3 Å². The Morgan fingerprint density at radius 2 is 1.46 bits per heavy atom. The first-order chi connectivity index (χ1) is 18.4. The average Bonchev–Trinajstić information content (AvgIpc) is 2.90. The van der Waals surface area contributed by atoms with Crippen molar-refractivity contribution in [1.29, 1.82) is 0 Å². The van der Waals surface area contributed by atoms with E-state index in [4.69, 9.17) is 4.74 Å². The molecule has 1 amide bonds. The molecule has 0 unspecified atom stereocenters. The summed E-state index contributed by atoms with van der Waals surface area (Å²) in [6.07, 6.45) is 1.57. The number of methoxy groups -OCH3 is 1. The van der Waals surface area contributed by atoms with Gasteiger partial charge in [0.2, 0.25) is 10.0 Å². The highest BCUT2D eigenvalue weighted by Gasteiger charge is 2.29. The second-order valence-electron chi connectivity index (χ2n) is 9.83. The highest BCUT2D eigenvalue weighted by molar-refractivity contribution is 7.92. The number of carbonyl (C=O) groups excluding carboxylic acids is 1. The van der Waals surface area contributed by atoms with E-state index in [1.54, 1.807) is 12.1 Å². The van der Waals surface area contributed by atoms with Crippen LogP contribution in [0.15, 0.2) is 70.5 Å². The molecule has 1 saturated heterocycles. The molecule has 1 fully saturated rings. The third-order valence-corrected chi connectivity index (χ3v) is 10.3. The van der Waals surface area contributed by atoms with E-state index < -0.39 is 26.0 Å². The second kappa shape index (κ2) is 11.4. The molecule has 11 heteroatoms. The molecule has 0 atom stereocenters. The largest absolute Gasteiger partial charge is 0.496 e. The van der Waals surface area contributed by atoms with E-state index in [2.05, 4.69) is 17.0 Å². The van der Waals surface area contributed by atoms with Gasteiger partial charge in [-0.3, -0.25) is 9.52 Å². The predicted octanol–water partition coefficient (Wildman–Crippen LogP) is 4.79. The number of ether oxygens (including phenoxy) is 1. The second-order valence-corrected chi connectivity index (χ2v) is 13.5. The van der Waals surface area contributed by atoms with Gasteiger partial charge in [-0.2, -0.15) is 4.31 Å². The van der Waals surface area contributed by atoms with Crippen molar-refractivity contribution in [2.45, 2.75) is 43.4 Å². The highest BCUT2D eigenvalue weighted by atomic mass is 32.2. The minimum absolute atomic E-state index is 0.0156. The van der Waals surface area contributed by atoms with Gasteiger partial charge in [0.1, 0.15) is 5.75 Å². The highest BCUT2D eigenvalue weighted by Crippen LogP contribution is 2.28. The van der Waals surface area contributed by atoms with Crippen molar-refractivity contribution < 1.29 is 26.4 Å². The fraction of sp³-hybridized carbons (Fsp3) is 0.321. The Morgan fingerprint density at radius 3 is 2.08 bits per heavy atom. The number of hydrogen-bond donors (Lipinski definition) is 2. The lowest BCUT2D eigenvalue weighted by atomic mass is 10.0. The zero-order valence-corrected chi connectivity index (χ0v) is 24.0. The molecule has 0 aromatic heterocycles. The summed E-state index contributed by atoms with van der Waals surface area (Å²) in [4.78, 5) is 13.2. The van der Waals surface area contributed by atoms with E-state index in [0.29, 0.717) is 30.4 Å². The number of amides is 1. The Hall–Kier alpha value is -3.41. The number of benzene rings is 3. The standard InChI is InChI=1S/C28H33N3O6S2/c1-19-13-15-31(16-14-19)39(35,36)25-11-12-27(37-4)26(18-25)28(32)29-22-7-9-24(10-8-22)38(33,34)30-23-6-5-20(2)21(3)17-23/h5-12,17-19,30H,13-16H2,1-4H3,(H,29,32). The number of nitrogens with zero attached hydrogens (tertiary/aromatic N) is 1. The van der Waals surface area contributed by atoms with Crippen molar-refractivity contribution in [3.05, 3.63) is 77.4 Å². The molecule has 0 bridgehead atoms. The van der Waals surface area contributed by atoms with Crippen LogP contribution in [0.4, 0.5) is 11.4 Å². The Bertz CT molecular complexity index is 1580. The minimum Gasteiger partial charge on any atom is -0.496 e. The Balaban J connectivity index is 1.52. The topological polar surface area (TPSA) is 122 Å². The third kappa shape index (κ3) is 6.43. The molecule has 208 valence electrons. The van der Waals surface area contributed by atoms with Gasteiger partial charge in [-0.25, -0.2) is 16.8 Å². The number of nitrogens with one attached hydrogen (secondary N) is 2. The maximum atomic E-state index is 13.2. The summed E-state index contributed by atoms with van der Waals surface area (Å²) in [5.74, 6) is 0.105. The number of hydrogen-bond acceptors (Lipinski definition) is 6. The first-order valence-electron chi connectivity index (χ1n) is 12.6. The van der Waals surface area contributed by atoms with Gasteiger partial charge >= 0.3 is 0 Å². The molecule has 2 N–H and O–H groups in total. The van der Waals surface area contributed by atoms with E-state index in [1.807, 2.05) is 19.9 Å². The fourth-order valence-corrected chi connectivity index (χ4v) is 6.88. The van der Waals surface area contributed by atoms with Crippen LogP contribution in [0.3, 0.4) is 0 Å². The summed E-state index contributed by atoms with van der Waals surface area (Å²) in [5, 5.41) is 2.70. The summed E-state index contributed by atoms with van der Waals surface area (Å²) in [6.45, 7) is 6.82. The number of carbonyl (C=O) groups is 1. The molecular formula is C28H33N3O6S2. The number of aryl methyl sites for hydroxylation is 2. The molecule has 0 aliphatic carbocycles. The number of anilines is 2. The molecule has 3 aromatic carbocycles. The van der Waals surface area contributed by atoms with E-state index in [-0.39, 0.29) is 21.1 Å². The van der Waals surface area contributed by atoms with Gasteiger partial charge in [0.15, 0.2) is 0 Å². The molecule has 3 aromatic rings. The van der Waals surface area contributed by atoms with Gasteiger partial charge in [0, 0.05) is 24.5 Å². The SMILES string of the molecule is COc1ccc(S(=O)(=O)N2CCC(C)CC2)cc1C(=O)Nc1ccc(S(=O)(=O)Nc2ccc(C)c(C)c2)cc1. The quantitative estimate of drug-likeness (QED) is 0.401. The first kappa shape index (κ1) is 28.6. The van der Waals surface area contributed by atoms with E-state index in [9.17, 15) is 21.6 Å². The lowest BCUT2D eigenvalue weighted by Crippen LogP contribution is -2.37. The number of rotatable bonds is 8. The summed E-state index contributed by atoms with van der Waals surface area (Å²) in [6, 6.07) is 15.2. The van der Waals surface area contributed by atoms with E-state index in [0.717, 1.165) is 24.0 Å². The molecule has 0 saturated carbocycles. The smallest absolute Gasteiger partial charge is 0.261 e. The Labute approximate surface area is 230 Å². The van der Waals surface area contributed by atoms with Gasteiger partial charge in [-0.05, 0) is 98.3 Å². The molecule has 1 aliphatic rings. The van der Waals surface area contributed by atoms with Crippen molar-refractivity contribution in [1.82, 2.24) is 4.31 Å². The van der Waals surface area contributed by atoms with E-state index in [1.165, 1.54) is 53.9 Å². The normalized spacial score (nSPS) is 15.1. The maximum absolute atomic E-state index is 13.2. The molecule has 4 rings (SSSR count). The fourth-order valence-electron chi connectivity index (χ4n) is 4.33. The molecule has 0 spiro atoms. The summed E-state index contributed by atoms with van der Waals surface area (Å²) >= 11 is 0. The molecule has 39 heavy (non-hydrogen) atoms. The maximum Gasteiger partial charge on any atom is 0.261 e. The van der Waals surface area contributed by atoms with Crippen LogP contribution in [0.5, 0.6) is 5.75 Å². The molecule has 1 heterocycles. The van der Waals surface area contributed by atoms with Crippen LogP contribution in [0.25, 0.3) is 0 Å². The van der Waals surface area contributed by atoms with Gasteiger partial charge in [-0.15, -0.1) is 0 Å². The summed E-state index contributed by atoms with van der Waals surface area (Å²) in [5.41, 5.74) is 2.86. The minimum atomic E-state index is -3.84. The Kier molecular flexibility index (Phi) is 8.34. The van der Waals surface area contributed by atoms with Crippen molar-refractivity contribution in [2.75, 3.05) is 30.2 Å². The summed E-state index contributed by atoms with van der Waals surface area (Å²) in [7, 11) is -6.21. The van der Waals surface area contributed by atoms with Crippen molar-refractivity contribution in [2.24, 2.45) is 5.92 Å². The third-order valence-electron chi connectivity index (χ3n) is 6.98. The van der Waals surface area contributed by atoms with Crippen LogP contribution in [-0.4, -0.2) is 47.2 Å². The zero-order chi connectivity index (χ0) is 28.4. The van der Waals surface area contributed by atoms with Crippen LogP contribution < -0.4 is 14.8 Å². The number of piperidine rings is 1. The zero-order valence-electron chi connectivity index (χ0n) is 22.4. The molecule has 0 radical (unpaired) electrons. The van der Waals surface area contributed by atoms with Gasteiger partial charge in [-0.1, -0.05) is 13.0 Å². The van der Waals surface area contributed by atoms with Crippen molar-refractivity contribution in [3.63, 3.8) is 0 Å². The Morgan fingerprint density at radius 1 is 0.846 bits per heavy atom. The molecule has 1 aliphatic heterocycles. The van der Waals surface area contributed by atoms with Crippen molar-refractivity contribution >= 4 is 37.3 Å². The monoisotopic (exact) mass is 571 g/mol. The van der Waals surface area contributed by atoms with Crippen LogP contribution >= 0.6 is 0 Å². The van der Waals surface area contributed by atoms with Crippen LogP contribution in [0.2, 0.25) is 0 Å². The first-order valence-corrected chi connectivity index (χ1v) is 15.5. The molecular weight excluding hydrogens is 538 g/mol. The van der Waals surface area contributed by atoms with Gasteiger partial charge in [0.05, 0.1) is 22.5 Å². The average molecular weight is 572 g/mol. The number of sulfonamides is 2. The van der Waals surface area contributed by atoms with Gasteiger partial charge < -0.3 is 10.1 Å². The lowest BCUT2D eigenvalue weighted by Gasteiger charge is -2.29. The van der Waals surface area contributed by atoms with Crippen molar-refractivity contribution in [3.8, 4) is 5.75 Å². The van der Waals surface area contributed by atoms with E-state index >= 15 is 0 Å². The lowest BCUT2D eigenvalue weighted by molar-refractivity contribution is 0.102. The predicted molar refractivity (Wildman–Crippen MR) is 151 cm³/mol.